The number of benzene rings is 2. The van der Waals surface area contributed by atoms with Gasteiger partial charge >= 0.3 is 0 Å². The Hall–Kier alpha value is -2.49. The average molecular weight is 455 g/mol. The van der Waals surface area contributed by atoms with Gasteiger partial charge in [-0.2, -0.15) is 0 Å². The van der Waals surface area contributed by atoms with Crippen molar-refractivity contribution in [3.05, 3.63) is 53.1 Å². The van der Waals surface area contributed by atoms with Gasteiger partial charge < -0.3 is 14.2 Å². The van der Waals surface area contributed by atoms with E-state index in [4.69, 9.17) is 14.2 Å². The van der Waals surface area contributed by atoms with Gasteiger partial charge in [-0.3, -0.25) is 4.79 Å². The molecule has 33 heavy (non-hydrogen) atoms. The number of hydrogen-bond donors (Lipinski definition) is 0. The first-order valence-corrected chi connectivity index (χ1v) is 12.8. The quantitative estimate of drug-likeness (QED) is 0.182. The number of hydrogen-bond acceptors (Lipinski definition) is 4. The molecule has 0 heterocycles. The molecule has 4 nitrogen and oxygen atoms in total. The van der Waals surface area contributed by atoms with Gasteiger partial charge in [-0.1, -0.05) is 59.1 Å². The number of Topliss-reactive ketones (excluding diaryl/α,β-unsaturated/α-hetero) is 1. The van der Waals surface area contributed by atoms with Gasteiger partial charge in [-0.15, -0.1) is 0 Å². The molecule has 0 radical (unpaired) electrons. The number of ether oxygens (including phenoxy) is 3. The van der Waals surface area contributed by atoms with Gasteiger partial charge in [0.05, 0.1) is 25.4 Å². The highest BCUT2D eigenvalue weighted by Gasteiger charge is 2.16. The number of carbonyl (C=O) groups is 1. The van der Waals surface area contributed by atoms with E-state index < -0.39 is 0 Å². The Morgan fingerprint density at radius 2 is 1.33 bits per heavy atom. The topological polar surface area (TPSA) is 44.8 Å². The molecule has 2 rings (SSSR count). The van der Waals surface area contributed by atoms with Crippen LogP contribution in [0.1, 0.15) is 94.1 Å². The number of rotatable bonds is 17. The molecular formula is C29H42O4. The van der Waals surface area contributed by atoms with Gasteiger partial charge in [0.15, 0.2) is 5.78 Å². The summed E-state index contributed by atoms with van der Waals surface area (Å²) in [4.78, 5) is 13.3. The van der Waals surface area contributed by atoms with E-state index in [1.54, 1.807) is 0 Å². The molecule has 2 aromatic carbocycles. The van der Waals surface area contributed by atoms with Gasteiger partial charge in [0, 0.05) is 6.42 Å². The predicted octanol–water partition coefficient (Wildman–Crippen LogP) is 7.60. The molecule has 0 atom stereocenters. The van der Waals surface area contributed by atoms with E-state index in [0.717, 1.165) is 62.0 Å². The van der Waals surface area contributed by atoms with Crippen molar-refractivity contribution in [2.45, 2.75) is 85.5 Å². The van der Waals surface area contributed by atoms with Crippen LogP contribution in [0.3, 0.4) is 0 Å². The number of unbranched alkanes of at least 4 members (excludes halogenated alkanes) is 3. The summed E-state index contributed by atoms with van der Waals surface area (Å²) in [7, 11) is 0. The molecule has 0 aromatic heterocycles. The van der Waals surface area contributed by atoms with Crippen LogP contribution in [0.2, 0.25) is 0 Å². The van der Waals surface area contributed by atoms with Crippen LogP contribution in [-0.2, 0) is 12.8 Å². The van der Waals surface area contributed by atoms with E-state index in [-0.39, 0.29) is 5.78 Å². The highest BCUT2D eigenvalue weighted by Crippen LogP contribution is 2.28. The van der Waals surface area contributed by atoms with Crippen LogP contribution in [0.5, 0.6) is 17.2 Å². The molecule has 0 saturated carbocycles. The lowest BCUT2D eigenvalue weighted by molar-refractivity contribution is 0.0978. The van der Waals surface area contributed by atoms with E-state index >= 15 is 0 Å². The SMILES string of the molecule is CCCCOc1ccc(OCCCC)c(C(=O)CCc2cc(CC)ccc2OCCCC)c1. The molecule has 0 spiro atoms. The summed E-state index contributed by atoms with van der Waals surface area (Å²) < 4.78 is 17.8. The summed E-state index contributed by atoms with van der Waals surface area (Å²) in [6, 6.07) is 12.0. The summed E-state index contributed by atoms with van der Waals surface area (Å²) in [5, 5.41) is 0. The second-order valence-corrected chi connectivity index (χ2v) is 8.48. The second-order valence-electron chi connectivity index (χ2n) is 8.48. The first-order valence-electron chi connectivity index (χ1n) is 12.8. The molecule has 4 heteroatoms. The van der Waals surface area contributed by atoms with Crippen LogP contribution in [0.4, 0.5) is 0 Å². The van der Waals surface area contributed by atoms with Crippen molar-refractivity contribution < 1.29 is 19.0 Å². The van der Waals surface area contributed by atoms with Gasteiger partial charge in [0.1, 0.15) is 17.2 Å². The molecule has 0 unspecified atom stereocenters. The van der Waals surface area contributed by atoms with Crippen LogP contribution in [0.25, 0.3) is 0 Å². The standard InChI is InChI=1S/C29H42O4/c1-5-9-18-31-25-14-17-29(33-20-11-7-3)26(22-25)27(30)15-13-24-21-23(8-4)12-16-28(24)32-19-10-6-2/h12,14,16-17,21-22H,5-11,13,15,18-20H2,1-4H3. The normalized spacial score (nSPS) is 10.8. The fourth-order valence-electron chi connectivity index (χ4n) is 3.50. The van der Waals surface area contributed by atoms with Crippen molar-refractivity contribution in [1.82, 2.24) is 0 Å². The highest BCUT2D eigenvalue weighted by molar-refractivity contribution is 5.99. The van der Waals surface area contributed by atoms with Crippen LogP contribution in [0, 0.1) is 0 Å². The van der Waals surface area contributed by atoms with Crippen molar-refractivity contribution in [2.24, 2.45) is 0 Å². The fourth-order valence-corrected chi connectivity index (χ4v) is 3.50. The molecule has 0 amide bonds. The molecule has 0 bridgehead atoms. The minimum Gasteiger partial charge on any atom is -0.494 e. The maximum Gasteiger partial charge on any atom is 0.167 e. The van der Waals surface area contributed by atoms with Crippen molar-refractivity contribution in [3.8, 4) is 17.2 Å². The van der Waals surface area contributed by atoms with Crippen LogP contribution < -0.4 is 14.2 Å². The first-order chi connectivity index (χ1) is 16.1. The van der Waals surface area contributed by atoms with Crippen LogP contribution in [-0.4, -0.2) is 25.6 Å². The van der Waals surface area contributed by atoms with E-state index in [1.807, 2.05) is 18.2 Å². The minimum absolute atomic E-state index is 0.0730. The van der Waals surface area contributed by atoms with Crippen molar-refractivity contribution in [1.29, 1.82) is 0 Å². The lowest BCUT2D eigenvalue weighted by Crippen LogP contribution is -2.08. The Morgan fingerprint density at radius 3 is 1.97 bits per heavy atom. The van der Waals surface area contributed by atoms with Gasteiger partial charge in [-0.25, -0.2) is 0 Å². The molecule has 0 aliphatic rings. The number of carbonyl (C=O) groups excluding carboxylic acids is 1. The Bertz CT molecular complexity index is 844. The van der Waals surface area contributed by atoms with Crippen molar-refractivity contribution >= 4 is 5.78 Å². The molecule has 0 N–H and O–H groups in total. The second kappa shape index (κ2) is 15.4. The Balaban J connectivity index is 2.17. The summed E-state index contributed by atoms with van der Waals surface area (Å²) in [5.74, 6) is 2.34. The van der Waals surface area contributed by atoms with E-state index in [2.05, 4.69) is 45.9 Å². The Kier molecular flexibility index (Phi) is 12.5. The maximum absolute atomic E-state index is 13.3. The maximum atomic E-state index is 13.3. The summed E-state index contributed by atoms with van der Waals surface area (Å²) >= 11 is 0. The molecule has 2 aromatic rings. The van der Waals surface area contributed by atoms with Crippen molar-refractivity contribution in [3.63, 3.8) is 0 Å². The zero-order chi connectivity index (χ0) is 23.9. The molecule has 0 aliphatic heterocycles. The molecule has 0 fully saturated rings. The summed E-state index contributed by atoms with van der Waals surface area (Å²) in [6.45, 7) is 10.5. The summed E-state index contributed by atoms with van der Waals surface area (Å²) in [6.07, 6.45) is 8.21. The Labute approximate surface area is 200 Å². The largest absolute Gasteiger partial charge is 0.494 e. The lowest BCUT2D eigenvalue weighted by Gasteiger charge is -2.15. The fraction of sp³-hybridized carbons (Fsp3) is 0.552. The molecular weight excluding hydrogens is 412 g/mol. The van der Waals surface area contributed by atoms with Gasteiger partial charge in [-0.05, 0) is 67.5 Å². The van der Waals surface area contributed by atoms with Crippen LogP contribution in [0.15, 0.2) is 36.4 Å². The van der Waals surface area contributed by atoms with Crippen molar-refractivity contribution in [2.75, 3.05) is 19.8 Å². The van der Waals surface area contributed by atoms with E-state index in [1.165, 1.54) is 5.56 Å². The minimum atomic E-state index is 0.0730. The molecule has 0 saturated heterocycles. The Morgan fingerprint density at radius 1 is 0.727 bits per heavy atom. The van der Waals surface area contributed by atoms with E-state index in [9.17, 15) is 4.79 Å². The average Bonchev–Trinajstić information content (AvgIpc) is 2.84. The molecule has 0 aliphatic carbocycles. The zero-order valence-electron chi connectivity index (χ0n) is 21.1. The van der Waals surface area contributed by atoms with Gasteiger partial charge in [0.2, 0.25) is 0 Å². The number of aryl methyl sites for hydroxylation is 2. The highest BCUT2D eigenvalue weighted by atomic mass is 16.5. The van der Waals surface area contributed by atoms with E-state index in [0.29, 0.717) is 44.0 Å². The third kappa shape index (κ3) is 9.11. The first kappa shape index (κ1) is 26.8. The number of ketones is 1. The third-order valence-electron chi connectivity index (χ3n) is 5.68. The molecule has 182 valence electrons. The zero-order valence-corrected chi connectivity index (χ0v) is 21.1. The lowest BCUT2D eigenvalue weighted by atomic mass is 9.99. The predicted molar refractivity (Wildman–Crippen MR) is 136 cm³/mol. The monoisotopic (exact) mass is 454 g/mol. The van der Waals surface area contributed by atoms with Crippen LogP contribution >= 0.6 is 0 Å². The van der Waals surface area contributed by atoms with Gasteiger partial charge in [0.25, 0.3) is 0 Å². The smallest absolute Gasteiger partial charge is 0.167 e. The third-order valence-corrected chi connectivity index (χ3v) is 5.68. The summed E-state index contributed by atoms with van der Waals surface area (Å²) in [5.41, 5.74) is 2.97.